The normalized spacial score (nSPS) is 10.3. The van der Waals surface area contributed by atoms with Gasteiger partial charge in [-0.3, -0.25) is 4.79 Å². The Morgan fingerprint density at radius 2 is 1.83 bits per heavy atom. The average molecular weight is 244 g/mol. The maximum absolute atomic E-state index is 10.8. The second-order valence-corrected chi connectivity index (χ2v) is 3.89. The summed E-state index contributed by atoms with van der Waals surface area (Å²) < 4.78 is 11.1. The summed E-state index contributed by atoms with van der Waals surface area (Å²) in [6.45, 7) is 5.08. The number of aldehydes is 1. The molecule has 3 nitrogen and oxygen atoms in total. The molecular weight excluding hydrogens is 228 g/mol. The largest absolute Gasteiger partial charge is 0.494 e. The van der Waals surface area contributed by atoms with Crippen molar-refractivity contribution in [3.05, 3.63) is 35.9 Å². The van der Waals surface area contributed by atoms with Gasteiger partial charge in [-0.25, -0.2) is 0 Å². The molecule has 0 aliphatic rings. The summed E-state index contributed by atoms with van der Waals surface area (Å²) in [7, 11) is 0. The molecule has 3 heteroatoms. The predicted molar refractivity (Wildman–Crippen MR) is 71.7 cm³/mol. The summed E-state index contributed by atoms with van der Waals surface area (Å²) in [6.07, 6.45) is 0.840. The highest BCUT2D eigenvalue weighted by Gasteiger charge is 2.06. The van der Waals surface area contributed by atoms with Crippen LogP contribution >= 0.6 is 0 Å². The lowest BCUT2D eigenvalue weighted by molar-refractivity contribution is 0.112. The van der Waals surface area contributed by atoms with Gasteiger partial charge in [-0.2, -0.15) is 0 Å². The second-order valence-electron chi connectivity index (χ2n) is 3.89. The molecule has 0 aliphatic carbocycles. The average Bonchev–Trinajstić information content (AvgIpc) is 2.38. The minimum absolute atomic E-state index is 0.597. The Kier molecular flexibility index (Phi) is 3.82. The lowest BCUT2D eigenvalue weighted by Gasteiger charge is -2.11. The van der Waals surface area contributed by atoms with E-state index in [2.05, 4.69) is 0 Å². The van der Waals surface area contributed by atoms with E-state index >= 15 is 0 Å². The van der Waals surface area contributed by atoms with Gasteiger partial charge in [0.2, 0.25) is 0 Å². The molecule has 0 heterocycles. The minimum Gasteiger partial charge on any atom is -0.494 e. The van der Waals surface area contributed by atoms with E-state index in [9.17, 15) is 4.79 Å². The van der Waals surface area contributed by atoms with E-state index in [0.29, 0.717) is 18.8 Å². The molecule has 0 N–H and O–H groups in total. The fourth-order valence-corrected chi connectivity index (χ4v) is 1.93. The lowest BCUT2D eigenvalue weighted by Crippen LogP contribution is -1.96. The van der Waals surface area contributed by atoms with Gasteiger partial charge in [0.05, 0.1) is 13.2 Å². The van der Waals surface area contributed by atoms with Gasteiger partial charge in [-0.05, 0) is 37.4 Å². The van der Waals surface area contributed by atoms with Crippen LogP contribution in [0.2, 0.25) is 0 Å². The first-order valence-corrected chi connectivity index (χ1v) is 6.07. The Balaban J connectivity index is 2.60. The molecule has 0 atom stereocenters. The van der Waals surface area contributed by atoms with Gasteiger partial charge in [0, 0.05) is 17.0 Å². The van der Waals surface area contributed by atoms with E-state index in [1.54, 1.807) is 6.07 Å². The molecule has 0 saturated heterocycles. The van der Waals surface area contributed by atoms with Gasteiger partial charge in [0.1, 0.15) is 17.8 Å². The molecule has 0 saturated carbocycles. The first-order valence-electron chi connectivity index (χ1n) is 6.07. The molecular formula is C15H16O3. The van der Waals surface area contributed by atoms with E-state index in [1.165, 1.54) is 0 Å². The number of carbonyl (C=O) groups is 1. The molecule has 0 bridgehead atoms. The first kappa shape index (κ1) is 12.4. The Bertz CT molecular complexity index is 561. The van der Waals surface area contributed by atoms with Crippen molar-refractivity contribution in [1.82, 2.24) is 0 Å². The molecule has 0 radical (unpaired) electrons. The van der Waals surface area contributed by atoms with Gasteiger partial charge in [0.15, 0.2) is 0 Å². The molecule has 94 valence electrons. The Morgan fingerprint density at radius 1 is 1.06 bits per heavy atom. The summed E-state index contributed by atoms with van der Waals surface area (Å²) in [5.74, 6) is 1.55. The number of fused-ring (bicyclic) bond motifs is 1. The zero-order chi connectivity index (χ0) is 13.0. The summed E-state index contributed by atoms with van der Waals surface area (Å²) in [5, 5.41) is 1.94. The van der Waals surface area contributed by atoms with E-state index in [-0.39, 0.29) is 0 Å². The van der Waals surface area contributed by atoms with Gasteiger partial charge in [0.25, 0.3) is 0 Å². The summed E-state index contributed by atoms with van der Waals surface area (Å²) >= 11 is 0. The van der Waals surface area contributed by atoms with Gasteiger partial charge < -0.3 is 9.47 Å². The van der Waals surface area contributed by atoms with Crippen LogP contribution in [0.4, 0.5) is 0 Å². The van der Waals surface area contributed by atoms with Crippen molar-refractivity contribution in [2.75, 3.05) is 13.2 Å². The maximum Gasteiger partial charge on any atom is 0.150 e. The number of hydrogen-bond donors (Lipinski definition) is 0. The van der Waals surface area contributed by atoms with E-state index in [1.807, 2.05) is 38.1 Å². The highest BCUT2D eigenvalue weighted by Crippen LogP contribution is 2.31. The zero-order valence-electron chi connectivity index (χ0n) is 10.6. The second kappa shape index (κ2) is 5.54. The fraction of sp³-hybridized carbons (Fsp3) is 0.267. The Labute approximate surface area is 106 Å². The summed E-state index contributed by atoms with van der Waals surface area (Å²) in [5.41, 5.74) is 0.651. The third kappa shape index (κ3) is 2.45. The van der Waals surface area contributed by atoms with E-state index < -0.39 is 0 Å². The molecule has 0 aliphatic heterocycles. The molecule has 0 unspecified atom stereocenters. The molecule has 18 heavy (non-hydrogen) atoms. The van der Waals surface area contributed by atoms with Gasteiger partial charge in [-0.15, -0.1) is 0 Å². The van der Waals surface area contributed by atoms with Gasteiger partial charge in [-0.1, -0.05) is 6.07 Å². The van der Waals surface area contributed by atoms with Crippen LogP contribution in [0.3, 0.4) is 0 Å². The summed E-state index contributed by atoms with van der Waals surface area (Å²) in [4.78, 5) is 10.8. The third-order valence-electron chi connectivity index (χ3n) is 2.66. The van der Waals surface area contributed by atoms with Crippen molar-refractivity contribution in [1.29, 1.82) is 0 Å². The molecule has 0 aromatic heterocycles. The SMILES string of the molecule is CCOc1cc(OCC)c2ccc(C=O)cc2c1. The highest BCUT2D eigenvalue weighted by atomic mass is 16.5. The van der Waals surface area contributed by atoms with Crippen LogP contribution in [0.1, 0.15) is 24.2 Å². The van der Waals surface area contributed by atoms with Crippen molar-refractivity contribution >= 4 is 17.1 Å². The monoisotopic (exact) mass is 244 g/mol. The van der Waals surface area contributed by atoms with E-state index in [0.717, 1.165) is 28.6 Å². The van der Waals surface area contributed by atoms with Crippen LogP contribution < -0.4 is 9.47 Å². The molecule has 2 aromatic rings. The molecule has 2 aromatic carbocycles. The third-order valence-corrected chi connectivity index (χ3v) is 2.66. The predicted octanol–water partition coefficient (Wildman–Crippen LogP) is 3.45. The molecule has 0 amide bonds. The molecule has 0 fully saturated rings. The summed E-state index contributed by atoms with van der Waals surface area (Å²) in [6, 6.07) is 9.34. The zero-order valence-corrected chi connectivity index (χ0v) is 10.6. The Hall–Kier alpha value is -2.03. The van der Waals surface area contributed by atoms with E-state index in [4.69, 9.17) is 9.47 Å². The number of hydrogen-bond acceptors (Lipinski definition) is 3. The minimum atomic E-state index is 0.597. The number of ether oxygens (including phenoxy) is 2. The number of rotatable bonds is 5. The highest BCUT2D eigenvalue weighted by molar-refractivity contribution is 5.93. The van der Waals surface area contributed by atoms with Crippen LogP contribution in [0.15, 0.2) is 30.3 Å². The number of carbonyl (C=O) groups excluding carboxylic acids is 1. The van der Waals surface area contributed by atoms with Gasteiger partial charge >= 0.3 is 0 Å². The van der Waals surface area contributed by atoms with Crippen molar-refractivity contribution < 1.29 is 14.3 Å². The first-order chi connectivity index (χ1) is 8.78. The standard InChI is InChI=1S/C15H16O3/c1-3-17-13-8-12-7-11(10-16)5-6-14(12)15(9-13)18-4-2/h5-10H,3-4H2,1-2H3. The van der Waals surface area contributed by atoms with Crippen LogP contribution in [0, 0.1) is 0 Å². The number of benzene rings is 2. The fourth-order valence-electron chi connectivity index (χ4n) is 1.93. The Morgan fingerprint density at radius 3 is 2.50 bits per heavy atom. The van der Waals surface area contributed by atoms with Crippen LogP contribution in [0.5, 0.6) is 11.5 Å². The van der Waals surface area contributed by atoms with Crippen molar-refractivity contribution in [2.24, 2.45) is 0 Å². The quantitative estimate of drug-likeness (QED) is 0.756. The molecule has 0 spiro atoms. The van der Waals surface area contributed by atoms with Crippen LogP contribution in [-0.2, 0) is 0 Å². The lowest BCUT2D eigenvalue weighted by atomic mass is 10.1. The van der Waals surface area contributed by atoms with Crippen molar-refractivity contribution in [2.45, 2.75) is 13.8 Å². The van der Waals surface area contributed by atoms with Crippen molar-refractivity contribution in [3.8, 4) is 11.5 Å². The van der Waals surface area contributed by atoms with Crippen molar-refractivity contribution in [3.63, 3.8) is 0 Å². The van der Waals surface area contributed by atoms with Crippen LogP contribution in [0.25, 0.3) is 10.8 Å². The smallest absolute Gasteiger partial charge is 0.150 e. The molecule has 2 rings (SSSR count). The van der Waals surface area contributed by atoms with Crippen LogP contribution in [-0.4, -0.2) is 19.5 Å². The topological polar surface area (TPSA) is 35.5 Å². The maximum atomic E-state index is 10.8.